The number of rotatable bonds is 7. The normalized spacial score (nSPS) is 14.2. The molecule has 0 aliphatic carbocycles. The van der Waals surface area contributed by atoms with Gasteiger partial charge >= 0.3 is 0 Å². The summed E-state index contributed by atoms with van der Waals surface area (Å²) >= 11 is 0. The van der Waals surface area contributed by atoms with Gasteiger partial charge in [0.25, 0.3) is 0 Å². The number of hydrogen-bond donors (Lipinski definition) is 2. The van der Waals surface area contributed by atoms with Gasteiger partial charge in [-0.05, 0) is 53.6 Å². The number of halogens is 1. The molecule has 0 radical (unpaired) electrons. The Hall–Kier alpha value is -4.08. The molecule has 4 aromatic rings. The minimum atomic E-state index is -0.664. The largest absolute Gasteiger partial charge is 0.497 e. The zero-order chi connectivity index (χ0) is 24.2. The second kappa shape index (κ2) is 10.0. The van der Waals surface area contributed by atoms with E-state index < -0.39 is 6.29 Å². The van der Waals surface area contributed by atoms with Gasteiger partial charge in [-0.1, -0.05) is 18.7 Å². The number of anilines is 1. The molecular weight excluding hydrogens is 449 g/mol. The topological polar surface area (TPSA) is 94.2 Å². The molecule has 2 aromatic heterocycles. The van der Waals surface area contributed by atoms with Crippen molar-refractivity contribution in [3.8, 4) is 28.4 Å². The van der Waals surface area contributed by atoms with Crippen LogP contribution in [-0.2, 0) is 16.0 Å². The van der Waals surface area contributed by atoms with E-state index in [2.05, 4.69) is 26.8 Å². The summed E-state index contributed by atoms with van der Waals surface area (Å²) in [6, 6.07) is 15.7. The summed E-state index contributed by atoms with van der Waals surface area (Å²) in [4.78, 5) is 17.0. The first-order chi connectivity index (χ1) is 17.1. The first-order valence-corrected chi connectivity index (χ1v) is 11.0. The van der Waals surface area contributed by atoms with Crippen molar-refractivity contribution in [2.24, 2.45) is 0 Å². The van der Waals surface area contributed by atoms with E-state index in [0.717, 1.165) is 22.4 Å². The lowest BCUT2D eigenvalue weighted by Crippen LogP contribution is -2.20. The highest BCUT2D eigenvalue weighted by Crippen LogP contribution is 2.33. The third-order valence-electron chi connectivity index (χ3n) is 5.46. The lowest BCUT2D eigenvalue weighted by Gasteiger charge is -2.22. The van der Waals surface area contributed by atoms with E-state index in [0.29, 0.717) is 48.6 Å². The van der Waals surface area contributed by atoms with Crippen LogP contribution in [0.25, 0.3) is 22.6 Å². The molecule has 0 bridgehead atoms. The van der Waals surface area contributed by atoms with Crippen LogP contribution in [0.3, 0.4) is 0 Å². The summed E-state index contributed by atoms with van der Waals surface area (Å²) in [6.45, 7) is 5.20. The van der Waals surface area contributed by atoms with Crippen molar-refractivity contribution in [1.82, 2.24) is 19.9 Å². The van der Waals surface area contributed by atoms with E-state index in [1.807, 2.05) is 24.3 Å². The molecule has 9 heteroatoms. The van der Waals surface area contributed by atoms with Gasteiger partial charge in [-0.2, -0.15) is 0 Å². The van der Waals surface area contributed by atoms with Crippen LogP contribution < -0.4 is 10.1 Å². The molecule has 8 nitrogen and oxygen atoms in total. The predicted octanol–water partition coefficient (Wildman–Crippen LogP) is 4.90. The number of hydrogen-bond acceptors (Lipinski definition) is 7. The van der Waals surface area contributed by atoms with Crippen LogP contribution in [0.15, 0.2) is 72.9 Å². The Morgan fingerprint density at radius 3 is 2.51 bits per heavy atom. The second-order valence-corrected chi connectivity index (χ2v) is 8.02. The van der Waals surface area contributed by atoms with Crippen LogP contribution in [0.1, 0.15) is 17.7 Å². The Bertz CT molecular complexity index is 1310. The van der Waals surface area contributed by atoms with Gasteiger partial charge in [0.1, 0.15) is 11.6 Å². The molecule has 0 amide bonds. The van der Waals surface area contributed by atoms with Crippen LogP contribution in [0.4, 0.5) is 10.3 Å². The van der Waals surface area contributed by atoms with Crippen LogP contribution >= 0.6 is 0 Å². The van der Waals surface area contributed by atoms with Crippen LogP contribution in [0.2, 0.25) is 0 Å². The molecule has 3 heterocycles. The van der Waals surface area contributed by atoms with E-state index >= 15 is 0 Å². The molecular formula is C26H24FN5O3. The monoisotopic (exact) mass is 473 g/mol. The highest BCUT2D eigenvalue weighted by Gasteiger charge is 2.25. The average Bonchev–Trinajstić information content (AvgIpc) is 3.34. The summed E-state index contributed by atoms with van der Waals surface area (Å²) in [5, 5.41) is 3.24. The van der Waals surface area contributed by atoms with Crippen LogP contribution in [0, 0.1) is 5.82 Å². The summed E-state index contributed by atoms with van der Waals surface area (Å²) in [6.07, 6.45) is 1.01. The van der Waals surface area contributed by atoms with E-state index in [9.17, 15) is 4.39 Å². The fourth-order valence-electron chi connectivity index (χ4n) is 3.65. The Morgan fingerprint density at radius 2 is 1.80 bits per heavy atom. The third kappa shape index (κ3) is 5.21. The molecule has 0 saturated carbocycles. The SMILES string of the molecule is C=C1COC(c2nc(-c3ccc(F)cc3)c(-c3ccnc(NCc4ccc(OC)cc4)n3)[nH]2)OC1. The molecule has 1 saturated heterocycles. The molecule has 5 rings (SSSR count). The molecule has 1 aliphatic heterocycles. The average molecular weight is 474 g/mol. The maximum Gasteiger partial charge on any atom is 0.223 e. The number of benzene rings is 2. The summed E-state index contributed by atoms with van der Waals surface area (Å²) in [5.74, 6) is 1.43. The standard InChI is InChI=1S/C26H24FN5O3/c1-16-14-34-25(35-15-16)24-31-22(18-5-7-19(27)8-6-18)23(32-24)21-11-12-28-26(30-21)29-13-17-3-9-20(33-2)10-4-17/h3-12,25H,1,13-15H2,2H3,(H,31,32)(H,28,29,30). The number of nitrogens with one attached hydrogen (secondary N) is 2. The van der Waals surface area contributed by atoms with Gasteiger partial charge in [0.05, 0.1) is 37.4 Å². The quantitative estimate of drug-likeness (QED) is 0.369. The van der Waals surface area contributed by atoms with E-state index in [4.69, 9.17) is 19.2 Å². The Balaban J connectivity index is 1.44. The van der Waals surface area contributed by atoms with E-state index in [-0.39, 0.29) is 5.82 Å². The van der Waals surface area contributed by atoms with Gasteiger partial charge in [0.15, 0.2) is 5.82 Å². The van der Waals surface area contributed by atoms with Gasteiger partial charge in [-0.15, -0.1) is 0 Å². The summed E-state index contributed by atoms with van der Waals surface area (Å²) < 4.78 is 30.2. The predicted molar refractivity (Wildman–Crippen MR) is 129 cm³/mol. The third-order valence-corrected chi connectivity index (χ3v) is 5.46. The number of ether oxygens (including phenoxy) is 3. The first kappa shape index (κ1) is 22.7. The van der Waals surface area contributed by atoms with Gasteiger partial charge in [-0.3, -0.25) is 0 Å². The zero-order valence-electron chi connectivity index (χ0n) is 19.1. The fourth-order valence-corrected chi connectivity index (χ4v) is 3.65. The summed E-state index contributed by atoms with van der Waals surface area (Å²) in [5.41, 5.74) is 4.53. The molecule has 0 spiro atoms. The molecule has 0 unspecified atom stereocenters. The maximum atomic E-state index is 13.6. The van der Waals surface area contributed by atoms with Crippen molar-refractivity contribution < 1.29 is 18.6 Å². The Morgan fingerprint density at radius 1 is 1.06 bits per heavy atom. The van der Waals surface area contributed by atoms with Crippen molar-refractivity contribution in [2.45, 2.75) is 12.8 Å². The first-order valence-electron chi connectivity index (χ1n) is 11.0. The molecule has 2 N–H and O–H groups in total. The minimum Gasteiger partial charge on any atom is -0.497 e. The highest BCUT2D eigenvalue weighted by atomic mass is 19.1. The molecule has 35 heavy (non-hydrogen) atoms. The number of aromatic nitrogens is 4. The number of H-pyrrole nitrogens is 1. The van der Waals surface area contributed by atoms with Gasteiger partial charge in [-0.25, -0.2) is 19.3 Å². The number of nitrogens with zero attached hydrogens (tertiary/aromatic N) is 3. The lowest BCUT2D eigenvalue weighted by molar-refractivity contribution is -0.165. The summed E-state index contributed by atoms with van der Waals surface area (Å²) in [7, 11) is 1.64. The molecule has 1 fully saturated rings. The van der Waals surface area contributed by atoms with Crippen molar-refractivity contribution in [2.75, 3.05) is 25.6 Å². The fraction of sp³-hybridized carbons (Fsp3) is 0.192. The van der Waals surface area contributed by atoms with Gasteiger partial charge in [0, 0.05) is 18.3 Å². The maximum absolute atomic E-state index is 13.6. The second-order valence-electron chi connectivity index (χ2n) is 8.02. The van der Waals surface area contributed by atoms with Crippen molar-refractivity contribution >= 4 is 5.95 Å². The van der Waals surface area contributed by atoms with E-state index in [1.165, 1.54) is 12.1 Å². The lowest BCUT2D eigenvalue weighted by atomic mass is 10.1. The molecule has 1 aliphatic rings. The Labute approximate surface area is 201 Å². The number of aromatic amines is 1. The van der Waals surface area contributed by atoms with Crippen molar-refractivity contribution in [1.29, 1.82) is 0 Å². The van der Waals surface area contributed by atoms with Crippen molar-refractivity contribution in [3.05, 3.63) is 90.2 Å². The number of imidazole rings is 1. The Kier molecular flexibility index (Phi) is 6.51. The van der Waals surface area contributed by atoms with Crippen LogP contribution in [0.5, 0.6) is 5.75 Å². The number of methoxy groups -OCH3 is 1. The van der Waals surface area contributed by atoms with Gasteiger partial charge < -0.3 is 24.5 Å². The zero-order valence-corrected chi connectivity index (χ0v) is 19.1. The van der Waals surface area contributed by atoms with E-state index in [1.54, 1.807) is 31.5 Å². The molecule has 2 aromatic carbocycles. The minimum absolute atomic E-state index is 0.324. The smallest absolute Gasteiger partial charge is 0.223 e. The van der Waals surface area contributed by atoms with Crippen molar-refractivity contribution in [3.63, 3.8) is 0 Å². The van der Waals surface area contributed by atoms with Gasteiger partial charge in [0.2, 0.25) is 12.2 Å². The molecule has 178 valence electrons. The highest BCUT2D eigenvalue weighted by molar-refractivity contribution is 5.77. The molecule has 0 atom stereocenters. The van der Waals surface area contributed by atoms with Crippen LogP contribution in [-0.4, -0.2) is 40.3 Å².